The Kier molecular flexibility index (Phi) is 6.14. The molecule has 0 aromatic heterocycles. The number of thioether (sulfide) groups is 1. The molecule has 0 saturated carbocycles. The lowest BCUT2D eigenvalue weighted by atomic mass is 10.4. The minimum atomic E-state index is -3.13. The molecule has 6 heteroatoms. The van der Waals surface area contributed by atoms with Crippen molar-refractivity contribution in [2.45, 2.75) is 22.8 Å². The van der Waals surface area contributed by atoms with Crippen molar-refractivity contribution in [3.63, 3.8) is 0 Å². The maximum atomic E-state index is 11.3. The van der Waals surface area contributed by atoms with Crippen LogP contribution in [0.2, 0.25) is 0 Å². The van der Waals surface area contributed by atoms with Gasteiger partial charge in [0, 0.05) is 23.4 Å². The highest BCUT2D eigenvalue weighted by molar-refractivity contribution is 7.99. The molecule has 1 aromatic carbocycles. The highest BCUT2D eigenvalue weighted by atomic mass is 32.2. The van der Waals surface area contributed by atoms with E-state index in [-0.39, 0.29) is 0 Å². The number of hydrogen-bond acceptors (Lipinski definition) is 5. The van der Waals surface area contributed by atoms with E-state index in [0.717, 1.165) is 11.4 Å². The molecule has 1 rings (SSSR count). The lowest BCUT2D eigenvalue weighted by Gasteiger charge is -2.10. The molecular formula is C12H19NO3S2. The van der Waals surface area contributed by atoms with E-state index in [2.05, 4.69) is 5.32 Å². The van der Waals surface area contributed by atoms with Crippen LogP contribution in [0.15, 0.2) is 34.1 Å². The molecule has 0 aliphatic rings. The van der Waals surface area contributed by atoms with Gasteiger partial charge in [-0.25, -0.2) is 8.42 Å². The third kappa shape index (κ3) is 5.39. The second-order valence-corrected chi connectivity index (χ2v) is 7.13. The van der Waals surface area contributed by atoms with Crippen LogP contribution in [-0.4, -0.2) is 44.7 Å². The van der Waals surface area contributed by atoms with Crippen LogP contribution in [-0.2, 0) is 9.84 Å². The SMILES string of the molecule is CCNCC(O)CSc1ccc(S(C)(=O)=O)cc1. The smallest absolute Gasteiger partial charge is 0.175 e. The summed E-state index contributed by atoms with van der Waals surface area (Å²) in [6.45, 7) is 3.40. The number of sulfone groups is 1. The highest BCUT2D eigenvalue weighted by Gasteiger charge is 2.07. The lowest BCUT2D eigenvalue weighted by Crippen LogP contribution is -2.28. The monoisotopic (exact) mass is 289 g/mol. The topological polar surface area (TPSA) is 66.4 Å². The maximum Gasteiger partial charge on any atom is 0.175 e. The molecule has 1 aromatic rings. The van der Waals surface area contributed by atoms with Gasteiger partial charge in [-0.2, -0.15) is 0 Å². The van der Waals surface area contributed by atoms with Gasteiger partial charge in [-0.3, -0.25) is 0 Å². The molecule has 1 atom stereocenters. The summed E-state index contributed by atoms with van der Waals surface area (Å²) in [4.78, 5) is 1.28. The van der Waals surface area contributed by atoms with Gasteiger partial charge in [0.25, 0.3) is 0 Å². The molecule has 0 saturated heterocycles. The Morgan fingerprint density at radius 1 is 1.33 bits per heavy atom. The fourth-order valence-corrected chi connectivity index (χ4v) is 2.81. The van der Waals surface area contributed by atoms with Crippen molar-refractivity contribution in [2.24, 2.45) is 0 Å². The minimum Gasteiger partial charge on any atom is -0.391 e. The largest absolute Gasteiger partial charge is 0.391 e. The summed E-state index contributed by atoms with van der Waals surface area (Å²) < 4.78 is 22.5. The van der Waals surface area contributed by atoms with Crippen LogP contribution in [0, 0.1) is 0 Å². The van der Waals surface area contributed by atoms with Gasteiger partial charge in [-0.05, 0) is 30.8 Å². The molecule has 0 fully saturated rings. The van der Waals surface area contributed by atoms with Crippen LogP contribution < -0.4 is 5.32 Å². The molecule has 0 aliphatic heterocycles. The summed E-state index contributed by atoms with van der Waals surface area (Å²) in [7, 11) is -3.13. The molecule has 0 amide bonds. The number of likely N-dealkylation sites (N-methyl/N-ethyl adjacent to an activating group) is 1. The van der Waals surface area contributed by atoms with Crippen LogP contribution in [0.5, 0.6) is 0 Å². The van der Waals surface area contributed by atoms with Crippen LogP contribution >= 0.6 is 11.8 Å². The van der Waals surface area contributed by atoms with Crippen molar-refractivity contribution in [1.82, 2.24) is 5.32 Å². The normalized spacial score (nSPS) is 13.5. The minimum absolute atomic E-state index is 0.319. The number of aliphatic hydroxyl groups excluding tert-OH is 1. The van der Waals surface area contributed by atoms with Gasteiger partial charge < -0.3 is 10.4 Å². The molecule has 18 heavy (non-hydrogen) atoms. The van der Waals surface area contributed by atoms with Crippen molar-refractivity contribution >= 4 is 21.6 Å². The first-order valence-corrected chi connectivity index (χ1v) is 8.63. The first-order chi connectivity index (χ1) is 8.43. The van der Waals surface area contributed by atoms with Crippen molar-refractivity contribution in [2.75, 3.05) is 25.1 Å². The number of hydrogen-bond donors (Lipinski definition) is 2. The van der Waals surface area contributed by atoms with E-state index < -0.39 is 15.9 Å². The van der Waals surface area contributed by atoms with E-state index in [1.807, 2.05) is 6.92 Å². The van der Waals surface area contributed by atoms with Gasteiger partial charge in [0.15, 0.2) is 9.84 Å². The summed E-state index contributed by atoms with van der Waals surface area (Å²) in [5, 5.41) is 12.7. The van der Waals surface area contributed by atoms with Crippen LogP contribution in [0.1, 0.15) is 6.92 Å². The molecular weight excluding hydrogens is 270 g/mol. The first kappa shape index (κ1) is 15.5. The van der Waals surface area contributed by atoms with Gasteiger partial charge in [0.05, 0.1) is 11.0 Å². The Morgan fingerprint density at radius 3 is 2.44 bits per heavy atom. The van der Waals surface area contributed by atoms with Gasteiger partial charge >= 0.3 is 0 Å². The summed E-state index contributed by atoms with van der Waals surface area (Å²) in [5.74, 6) is 0.589. The summed E-state index contributed by atoms with van der Waals surface area (Å²) >= 11 is 1.51. The molecule has 0 heterocycles. The molecule has 1 unspecified atom stereocenters. The molecule has 102 valence electrons. The fraction of sp³-hybridized carbons (Fsp3) is 0.500. The van der Waals surface area contributed by atoms with E-state index in [1.165, 1.54) is 18.0 Å². The average Bonchev–Trinajstić information content (AvgIpc) is 2.33. The molecule has 0 aliphatic carbocycles. The Bertz CT molecular complexity index is 457. The zero-order valence-electron chi connectivity index (χ0n) is 10.6. The highest BCUT2D eigenvalue weighted by Crippen LogP contribution is 2.20. The van der Waals surface area contributed by atoms with Gasteiger partial charge in [0.2, 0.25) is 0 Å². The lowest BCUT2D eigenvalue weighted by molar-refractivity contribution is 0.197. The van der Waals surface area contributed by atoms with Crippen molar-refractivity contribution in [1.29, 1.82) is 0 Å². The molecule has 0 spiro atoms. The quantitative estimate of drug-likeness (QED) is 0.737. The third-order valence-electron chi connectivity index (χ3n) is 2.32. The van der Waals surface area contributed by atoms with E-state index in [9.17, 15) is 13.5 Å². The maximum absolute atomic E-state index is 11.3. The van der Waals surface area contributed by atoms with E-state index >= 15 is 0 Å². The Labute approximate surface area is 113 Å². The van der Waals surface area contributed by atoms with Gasteiger partial charge in [-0.1, -0.05) is 6.92 Å². The Morgan fingerprint density at radius 2 is 1.94 bits per heavy atom. The summed E-state index contributed by atoms with van der Waals surface area (Å²) in [6.07, 6.45) is 0.791. The molecule has 4 nitrogen and oxygen atoms in total. The fourth-order valence-electron chi connectivity index (χ4n) is 1.35. The van der Waals surface area contributed by atoms with Gasteiger partial charge in [0.1, 0.15) is 0 Å². The second kappa shape index (κ2) is 7.13. The van der Waals surface area contributed by atoms with Gasteiger partial charge in [-0.15, -0.1) is 11.8 Å². The summed E-state index contributed by atoms with van der Waals surface area (Å²) in [5.41, 5.74) is 0. The third-order valence-corrected chi connectivity index (χ3v) is 4.61. The number of nitrogens with one attached hydrogen (secondary N) is 1. The second-order valence-electron chi connectivity index (χ2n) is 4.02. The van der Waals surface area contributed by atoms with E-state index in [4.69, 9.17) is 0 Å². The number of benzene rings is 1. The zero-order valence-corrected chi connectivity index (χ0v) is 12.2. The molecule has 0 radical (unpaired) electrons. The van der Waals surface area contributed by atoms with Crippen LogP contribution in [0.3, 0.4) is 0 Å². The first-order valence-electron chi connectivity index (χ1n) is 5.75. The van der Waals surface area contributed by atoms with Crippen molar-refractivity contribution < 1.29 is 13.5 Å². The predicted molar refractivity (Wildman–Crippen MR) is 74.8 cm³/mol. The predicted octanol–water partition coefficient (Wildman–Crippen LogP) is 1.15. The molecule has 0 bridgehead atoms. The van der Waals surface area contributed by atoms with Crippen molar-refractivity contribution in [3.8, 4) is 0 Å². The zero-order chi connectivity index (χ0) is 13.6. The van der Waals surface area contributed by atoms with Crippen LogP contribution in [0.25, 0.3) is 0 Å². The van der Waals surface area contributed by atoms with Crippen LogP contribution in [0.4, 0.5) is 0 Å². The Balaban J connectivity index is 2.49. The van der Waals surface area contributed by atoms with E-state index in [0.29, 0.717) is 17.2 Å². The van der Waals surface area contributed by atoms with Crippen molar-refractivity contribution in [3.05, 3.63) is 24.3 Å². The number of rotatable bonds is 7. The summed E-state index contributed by atoms with van der Waals surface area (Å²) in [6, 6.07) is 6.71. The average molecular weight is 289 g/mol. The number of aliphatic hydroxyl groups is 1. The standard InChI is InChI=1S/C12H19NO3S2/c1-3-13-8-10(14)9-17-11-4-6-12(7-5-11)18(2,15)16/h4-7,10,13-14H,3,8-9H2,1-2H3. The van der Waals surface area contributed by atoms with E-state index in [1.54, 1.807) is 24.3 Å². The Hall–Kier alpha value is -0.560. The molecule has 2 N–H and O–H groups in total.